The fraction of sp³-hybridized carbons (Fsp3) is 0.389. The molecular weight excluding hydrogens is 380 g/mol. The molecular formula is C18H16F4N4O2. The molecule has 28 heavy (non-hydrogen) atoms. The topological polar surface area (TPSA) is 84.1 Å². The first-order valence-corrected chi connectivity index (χ1v) is 8.68. The van der Waals surface area contributed by atoms with Crippen LogP contribution in [-0.4, -0.2) is 36.8 Å². The number of hydrogen-bond donors (Lipinski definition) is 2. The maximum atomic E-state index is 14.5. The van der Waals surface area contributed by atoms with Gasteiger partial charge < -0.3 is 10.2 Å². The lowest BCUT2D eigenvalue weighted by molar-refractivity contribution is -0.135. The van der Waals surface area contributed by atoms with E-state index in [2.05, 4.69) is 15.3 Å². The number of alkyl halides is 3. The van der Waals surface area contributed by atoms with Gasteiger partial charge in [-0.15, -0.1) is 5.10 Å². The summed E-state index contributed by atoms with van der Waals surface area (Å²) in [6.45, 7) is -0.188. The highest BCUT2D eigenvalue weighted by atomic mass is 19.4. The summed E-state index contributed by atoms with van der Waals surface area (Å²) in [5.74, 6) is -0.786. The Labute approximate surface area is 156 Å². The number of fused-ring (bicyclic) bond motifs is 1. The maximum Gasteiger partial charge on any atom is 0.419 e. The number of benzene rings is 1. The maximum absolute atomic E-state index is 14.5. The predicted octanol–water partition coefficient (Wildman–Crippen LogP) is 3.09. The number of aliphatic hydroxyl groups is 2. The monoisotopic (exact) mass is 396 g/mol. The van der Waals surface area contributed by atoms with Gasteiger partial charge in [-0.05, 0) is 37.0 Å². The van der Waals surface area contributed by atoms with Gasteiger partial charge in [0.05, 0.1) is 23.4 Å². The van der Waals surface area contributed by atoms with Crippen LogP contribution in [0, 0.1) is 11.9 Å². The van der Waals surface area contributed by atoms with Crippen molar-refractivity contribution in [2.75, 3.05) is 6.61 Å². The first-order chi connectivity index (χ1) is 13.3. The van der Waals surface area contributed by atoms with Crippen molar-refractivity contribution in [1.29, 1.82) is 0 Å². The minimum absolute atomic E-state index is 0.172. The van der Waals surface area contributed by atoms with Crippen molar-refractivity contribution < 1.29 is 27.8 Å². The van der Waals surface area contributed by atoms with Crippen LogP contribution in [0.3, 0.4) is 0 Å². The van der Waals surface area contributed by atoms with E-state index in [0.29, 0.717) is 12.5 Å². The lowest BCUT2D eigenvalue weighted by Crippen LogP contribution is -2.11. The van der Waals surface area contributed by atoms with Crippen LogP contribution in [0.5, 0.6) is 0 Å². The summed E-state index contributed by atoms with van der Waals surface area (Å²) in [7, 11) is 0. The molecule has 2 N–H and O–H groups in total. The molecule has 0 spiro atoms. The summed E-state index contributed by atoms with van der Waals surface area (Å²) in [6, 6.07) is 4.90. The van der Waals surface area contributed by atoms with E-state index in [9.17, 15) is 22.7 Å². The smallest absolute Gasteiger partial charge is 0.393 e. The molecule has 1 fully saturated rings. The highest BCUT2D eigenvalue weighted by Gasteiger charge is 2.38. The standard InChI is InChI=1S/C18H16F4N4O2/c19-17-11(3-5-12(23-17)14(28)8-27)10-4-6-13-16(15(10)18(20,21)22)24-25-26(13)7-9-1-2-9/h3-6,9,14,27-28H,1-2,7-8H2. The van der Waals surface area contributed by atoms with Crippen molar-refractivity contribution in [2.24, 2.45) is 5.92 Å². The Morgan fingerprint density at radius 2 is 1.86 bits per heavy atom. The molecule has 1 aromatic carbocycles. The second-order valence-corrected chi connectivity index (χ2v) is 6.84. The molecule has 3 aromatic rings. The van der Waals surface area contributed by atoms with Crippen LogP contribution in [0.15, 0.2) is 24.3 Å². The molecule has 1 unspecified atom stereocenters. The average molecular weight is 396 g/mol. The van der Waals surface area contributed by atoms with Crippen LogP contribution in [-0.2, 0) is 12.7 Å². The van der Waals surface area contributed by atoms with E-state index in [1.54, 1.807) is 0 Å². The van der Waals surface area contributed by atoms with E-state index in [4.69, 9.17) is 5.11 Å². The Hall–Kier alpha value is -2.59. The van der Waals surface area contributed by atoms with Crippen molar-refractivity contribution in [2.45, 2.75) is 31.7 Å². The summed E-state index contributed by atoms with van der Waals surface area (Å²) < 4.78 is 57.5. The van der Waals surface area contributed by atoms with Crippen molar-refractivity contribution in [3.63, 3.8) is 0 Å². The Bertz CT molecular complexity index is 1030. The van der Waals surface area contributed by atoms with Gasteiger partial charge in [0.25, 0.3) is 0 Å². The Morgan fingerprint density at radius 3 is 2.46 bits per heavy atom. The van der Waals surface area contributed by atoms with E-state index in [0.717, 1.165) is 18.9 Å². The minimum Gasteiger partial charge on any atom is -0.393 e. The van der Waals surface area contributed by atoms with Gasteiger partial charge in [-0.25, -0.2) is 9.67 Å². The number of halogens is 4. The Kier molecular flexibility index (Phi) is 4.54. The van der Waals surface area contributed by atoms with Crippen molar-refractivity contribution >= 4 is 11.0 Å². The van der Waals surface area contributed by atoms with Gasteiger partial charge in [0.1, 0.15) is 11.6 Å². The van der Waals surface area contributed by atoms with Gasteiger partial charge in [-0.2, -0.15) is 17.6 Å². The van der Waals surface area contributed by atoms with Crippen molar-refractivity contribution in [3.05, 3.63) is 41.5 Å². The molecule has 2 aromatic heterocycles. The molecule has 1 saturated carbocycles. The average Bonchev–Trinajstić information content (AvgIpc) is 3.38. The van der Waals surface area contributed by atoms with Crippen LogP contribution in [0.2, 0.25) is 0 Å². The number of nitrogens with zero attached hydrogens (tertiary/aromatic N) is 4. The summed E-state index contributed by atoms with van der Waals surface area (Å²) >= 11 is 0. The van der Waals surface area contributed by atoms with E-state index in [1.807, 2.05) is 0 Å². The largest absolute Gasteiger partial charge is 0.419 e. The molecule has 2 heterocycles. The van der Waals surface area contributed by atoms with Crippen LogP contribution >= 0.6 is 0 Å². The molecule has 148 valence electrons. The van der Waals surface area contributed by atoms with E-state index in [-0.39, 0.29) is 22.3 Å². The fourth-order valence-electron chi connectivity index (χ4n) is 3.16. The third-order valence-electron chi connectivity index (χ3n) is 4.77. The zero-order valence-corrected chi connectivity index (χ0v) is 14.5. The number of aromatic nitrogens is 4. The summed E-state index contributed by atoms with van der Waals surface area (Å²) in [6.07, 6.45) is -4.19. The van der Waals surface area contributed by atoms with Gasteiger partial charge >= 0.3 is 6.18 Å². The minimum atomic E-state index is -4.79. The number of hydrogen-bond acceptors (Lipinski definition) is 5. The predicted molar refractivity (Wildman–Crippen MR) is 90.5 cm³/mol. The third-order valence-corrected chi connectivity index (χ3v) is 4.77. The van der Waals surface area contributed by atoms with Crippen LogP contribution in [0.25, 0.3) is 22.2 Å². The zero-order chi connectivity index (χ0) is 20.1. The highest BCUT2D eigenvalue weighted by Crippen LogP contribution is 2.42. The molecule has 6 nitrogen and oxygen atoms in total. The second kappa shape index (κ2) is 6.78. The summed E-state index contributed by atoms with van der Waals surface area (Å²) in [5.41, 5.74) is -2.14. The molecule has 10 heteroatoms. The van der Waals surface area contributed by atoms with Gasteiger partial charge in [0, 0.05) is 17.7 Å². The lowest BCUT2D eigenvalue weighted by Gasteiger charge is -2.15. The Balaban J connectivity index is 1.87. The third kappa shape index (κ3) is 3.33. The zero-order valence-electron chi connectivity index (χ0n) is 14.5. The highest BCUT2D eigenvalue weighted by molar-refractivity contribution is 5.87. The Morgan fingerprint density at radius 1 is 1.14 bits per heavy atom. The normalized spacial score (nSPS) is 15.9. The van der Waals surface area contributed by atoms with Crippen LogP contribution < -0.4 is 0 Å². The summed E-state index contributed by atoms with van der Waals surface area (Å²) in [5, 5.41) is 26.0. The van der Waals surface area contributed by atoms with Crippen LogP contribution in [0.4, 0.5) is 17.6 Å². The first kappa shape index (κ1) is 18.8. The van der Waals surface area contributed by atoms with E-state index in [1.165, 1.54) is 22.9 Å². The molecule has 1 aliphatic carbocycles. The lowest BCUT2D eigenvalue weighted by atomic mass is 9.98. The van der Waals surface area contributed by atoms with Gasteiger partial charge in [0.15, 0.2) is 0 Å². The quantitative estimate of drug-likeness (QED) is 0.512. The molecule has 4 rings (SSSR count). The molecule has 1 aliphatic rings. The van der Waals surface area contributed by atoms with Crippen molar-refractivity contribution in [1.82, 2.24) is 20.0 Å². The number of rotatable bonds is 5. The molecule has 0 radical (unpaired) electrons. The van der Waals surface area contributed by atoms with E-state index >= 15 is 0 Å². The van der Waals surface area contributed by atoms with E-state index < -0.39 is 36.0 Å². The van der Waals surface area contributed by atoms with Gasteiger partial charge in [0.2, 0.25) is 5.95 Å². The molecule has 1 atom stereocenters. The number of aliphatic hydroxyl groups excluding tert-OH is 2. The van der Waals surface area contributed by atoms with Gasteiger partial charge in [-0.3, -0.25) is 0 Å². The summed E-state index contributed by atoms with van der Waals surface area (Å²) in [4.78, 5) is 3.49. The molecule has 0 bridgehead atoms. The second-order valence-electron chi connectivity index (χ2n) is 6.84. The molecule has 0 aliphatic heterocycles. The van der Waals surface area contributed by atoms with Crippen molar-refractivity contribution in [3.8, 4) is 11.1 Å². The fourth-order valence-corrected chi connectivity index (χ4v) is 3.16. The SMILES string of the molecule is OCC(O)c1ccc(-c2ccc3c(nnn3CC3CC3)c2C(F)(F)F)c(F)n1. The first-order valence-electron chi connectivity index (χ1n) is 8.68. The molecule has 0 saturated heterocycles. The number of pyridine rings is 1. The van der Waals surface area contributed by atoms with Gasteiger partial charge in [-0.1, -0.05) is 11.3 Å². The van der Waals surface area contributed by atoms with Crippen LogP contribution in [0.1, 0.15) is 30.2 Å². The molecule has 0 amide bonds.